The molecule has 1 aromatic rings. The number of esters is 1. The molecule has 10 heteroatoms. The van der Waals surface area contributed by atoms with Crippen molar-refractivity contribution in [2.24, 2.45) is 0 Å². The Kier molecular flexibility index (Phi) is 7.60. The molecule has 156 valence electrons. The molecule has 1 fully saturated rings. The lowest BCUT2D eigenvalue weighted by Crippen LogP contribution is -2.44. The number of ether oxygens (including phenoxy) is 2. The molecular weight excluding hydrogens is 397 g/mol. The third-order valence-corrected chi connectivity index (χ3v) is 5.40. The van der Waals surface area contributed by atoms with Gasteiger partial charge in [-0.2, -0.15) is 0 Å². The van der Waals surface area contributed by atoms with E-state index in [1.165, 1.54) is 12.0 Å². The van der Waals surface area contributed by atoms with E-state index in [1.807, 2.05) is 18.2 Å². The van der Waals surface area contributed by atoms with E-state index in [1.54, 1.807) is 24.4 Å². The monoisotopic (exact) mass is 421 g/mol. The van der Waals surface area contributed by atoms with Gasteiger partial charge in [-0.05, 0) is 31.1 Å². The molecule has 1 aromatic carbocycles. The Morgan fingerprint density at radius 3 is 2.90 bits per heavy atom. The molecule has 0 aromatic heterocycles. The Balaban J connectivity index is 1.52. The third kappa shape index (κ3) is 6.27. The fourth-order valence-corrected chi connectivity index (χ4v) is 3.84. The smallest absolute Gasteiger partial charge is 0.327 e. The van der Waals surface area contributed by atoms with Crippen molar-refractivity contribution in [1.29, 1.82) is 0 Å². The molecule has 0 saturated carbocycles. The topological polar surface area (TPSA) is 98.4 Å². The summed E-state index contributed by atoms with van der Waals surface area (Å²) in [6.45, 7) is 3.93. The molecule has 2 aliphatic heterocycles. The second-order valence-corrected chi connectivity index (χ2v) is 7.61. The first-order chi connectivity index (χ1) is 14.0. The lowest BCUT2D eigenvalue weighted by Gasteiger charge is -2.28. The molecule has 0 spiro atoms. The predicted molar refractivity (Wildman–Crippen MR) is 107 cm³/mol. The number of methoxy groups -OCH3 is 1. The Morgan fingerprint density at radius 2 is 2.17 bits per heavy atom. The quantitative estimate of drug-likeness (QED) is 0.467. The van der Waals surface area contributed by atoms with Gasteiger partial charge in [0.1, 0.15) is 18.5 Å². The van der Waals surface area contributed by atoms with E-state index < -0.39 is 14.5 Å². The van der Waals surface area contributed by atoms with Crippen molar-refractivity contribution in [1.82, 2.24) is 15.3 Å². The summed E-state index contributed by atoms with van der Waals surface area (Å²) in [5, 5.41) is 5.58. The summed E-state index contributed by atoms with van der Waals surface area (Å²) in [5.74, 6) is 0.205. The van der Waals surface area contributed by atoms with Crippen LogP contribution in [0.4, 0.5) is 4.79 Å². The van der Waals surface area contributed by atoms with Crippen LogP contribution in [0.2, 0.25) is 0 Å². The van der Waals surface area contributed by atoms with Crippen molar-refractivity contribution in [2.45, 2.75) is 25.2 Å². The van der Waals surface area contributed by atoms with Crippen molar-refractivity contribution in [3.63, 3.8) is 0 Å². The second kappa shape index (κ2) is 10.4. The molecule has 0 radical (unpaired) electrons. The van der Waals surface area contributed by atoms with Gasteiger partial charge >= 0.3 is 20.5 Å². The summed E-state index contributed by atoms with van der Waals surface area (Å²) >= 11 is 0. The fraction of sp³-hybridized carbons (Fsp3) is 0.368. The largest absolute Gasteiger partial charge is 0.468 e. The van der Waals surface area contributed by atoms with Gasteiger partial charge in [-0.25, -0.2) is 9.88 Å². The lowest BCUT2D eigenvalue weighted by molar-refractivity contribution is -0.139. The van der Waals surface area contributed by atoms with Crippen LogP contribution in [0.3, 0.4) is 0 Å². The van der Waals surface area contributed by atoms with Crippen LogP contribution in [-0.2, 0) is 18.8 Å². The number of hydrogen-bond acceptors (Lipinski definition) is 7. The van der Waals surface area contributed by atoms with E-state index in [9.17, 15) is 9.59 Å². The minimum Gasteiger partial charge on any atom is -0.468 e. The molecule has 1 unspecified atom stereocenters. The number of carbonyl (C=O) groups excluding carboxylic acids is 2. The SMILES string of the molecule is C=C1C=CN([C@H]2CC[C@@H](COP(NCC(=O)OC)Oc3ccccc3)O2)C(=O)N1. The van der Waals surface area contributed by atoms with Crippen molar-refractivity contribution >= 4 is 20.5 Å². The van der Waals surface area contributed by atoms with Crippen LogP contribution in [-0.4, -0.2) is 49.5 Å². The van der Waals surface area contributed by atoms with Crippen molar-refractivity contribution in [3.05, 3.63) is 54.9 Å². The first-order valence-electron chi connectivity index (χ1n) is 9.13. The summed E-state index contributed by atoms with van der Waals surface area (Å²) in [5.41, 5.74) is 0.546. The van der Waals surface area contributed by atoms with E-state index >= 15 is 0 Å². The number of amides is 2. The molecular formula is C19H24N3O6P. The van der Waals surface area contributed by atoms with Gasteiger partial charge in [0, 0.05) is 11.9 Å². The van der Waals surface area contributed by atoms with Gasteiger partial charge in [-0.1, -0.05) is 24.8 Å². The number of allylic oxidation sites excluding steroid dienone is 1. The highest BCUT2D eigenvalue weighted by molar-refractivity contribution is 7.45. The molecule has 2 N–H and O–H groups in total. The van der Waals surface area contributed by atoms with Crippen LogP contribution in [0.1, 0.15) is 12.8 Å². The number of benzene rings is 1. The van der Waals surface area contributed by atoms with Crippen LogP contribution in [0.25, 0.3) is 0 Å². The van der Waals surface area contributed by atoms with Gasteiger partial charge in [0.2, 0.25) is 0 Å². The normalized spacial score (nSPS) is 22.3. The van der Waals surface area contributed by atoms with E-state index in [0.717, 1.165) is 6.42 Å². The van der Waals surface area contributed by atoms with Gasteiger partial charge < -0.3 is 23.8 Å². The summed E-state index contributed by atoms with van der Waals surface area (Å²) in [6.07, 6.45) is 4.24. The van der Waals surface area contributed by atoms with Gasteiger partial charge in [-0.15, -0.1) is 0 Å². The number of nitrogens with one attached hydrogen (secondary N) is 2. The maximum absolute atomic E-state index is 12.1. The Morgan fingerprint density at radius 1 is 1.38 bits per heavy atom. The van der Waals surface area contributed by atoms with Gasteiger partial charge in [0.15, 0.2) is 0 Å². The zero-order valence-electron chi connectivity index (χ0n) is 16.1. The van der Waals surface area contributed by atoms with Gasteiger partial charge in [-0.3, -0.25) is 9.69 Å². The summed E-state index contributed by atoms with van der Waals surface area (Å²) in [6, 6.07) is 8.91. The molecule has 0 bridgehead atoms. The maximum atomic E-state index is 12.1. The average Bonchev–Trinajstić information content (AvgIpc) is 3.19. The number of rotatable bonds is 9. The van der Waals surface area contributed by atoms with Gasteiger partial charge in [0.05, 0.1) is 19.8 Å². The molecule has 2 heterocycles. The highest BCUT2D eigenvalue weighted by atomic mass is 31.2. The van der Waals surface area contributed by atoms with Crippen molar-refractivity contribution in [3.8, 4) is 5.75 Å². The number of carbonyl (C=O) groups is 2. The minimum atomic E-state index is -1.58. The van der Waals surface area contributed by atoms with Crippen LogP contribution >= 0.6 is 8.53 Å². The first kappa shape index (κ1) is 21.3. The third-order valence-electron chi connectivity index (χ3n) is 4.22. The zero-order chi connectivity index (χ0) is 20.6. The Bertz CT molecular complexity index is 760. The van der Waals surface area contributed by atoms with Gasteiger partial charge in [0.25, 0.3) is 0 Å². The van der Waals surface area contributed by atoms with Crippen molar-refractivity contribution < 1.29 is 28.1 Å². The summed E-state index contributed by atoms with van der Waals surface area (Å²) in [7, 11) is -0.267. The van der Waals surface area contributed by atoms with E-state index in [2.05, 4.69) is 21.7 Å². The van der Waals surface area contributed by atoms with Crippen LogP contribution < -0.4 is 14.9 Å². The highest BCUT2D eigenvalue weighted by Gasteiger charge is 2.33. The predicted octanol–water partition coefficient (Wildman–Crippen LogP) is 2.63. The highest BCUT2D eigenvalue weighted by Crippen LogP contribution is 2.36. The minimum absolute atomic E-state index is 0.0359. The Hall–Kier alpha value is -2.45. The van der Waals surface area contributed by atoms with E-state index in [-0.39, 0.29) is 31.5 Å². The molecule has 3 atom stereocenters. The lowest BCUT2D eigenvalue weighted by atomic mass is 10.2. The average molecular weight is 421 g/mol. The molecule has 29 heavy (non-hydrogen) atoms. The molecule has 2 amide bonds. The molecule has 3 rings (SSSR count). The second-order valence-electron chi connectivity index (χ2n) is 6.34. The van der Waals surface area contributed by atoms with Crippen LogP contribution in [0.15, 0.2) is 54.9 Å². The van der Waals surface area contributed by atoms with E-state index in [0.29, 0.717) is 17.9 Å². The summed E-state index contributed by atoms with van der Waals surface area (Å²) < 4.78 is 22.3. The fourth-order valence-electron chi connectivity index (χ4n) is 2.76. The molecule has 1 saturated heterocycles. The molecule has 9 nitrogen and oxygen atoms in total. The van der Waals surface area contributed by atoms with E-state index in [4.69, 9.17) is 13.8 Å². The molecule has 2 aliphatic rings. The molecule has 0 aliphatic carbocycles. The van der Waals surface area contributed by atoms with Crippen LogP contribution in [0, 0.1) is 0 Å². The first-order valence-corrected chi connectivity index (χ1v) is 10.3. The number of nitrogens with zero attached hydrogens (tertiary/aromatic N) is 1. The zero-order valence-corrected chi connectivity index (χ0v) is 17.0. The number of hydrogen-bond donors (Lipinski definition) is 2. The number of urea groups is 1. The summed E-state index contributed by atoms with van der Waals surface area (Å²) in [4.78, 5) is 25.0. The Labute approximate surface area is 170 Å². The number of para-hydroxylation sites is 1. The standard InChI is InChI=1S/C19H24N3O6P/c1-14-10-11-22(19(24)21-14)17-9-8-16(27-17)13-26-29(20-12-18(23)25-2)28-15-6-4-3-5-7-15/h3-7,10-11,16-17,20H,1,8-9,12-13H2,2H3,(H,21,24)/t16-,17+,29?/m0/s1. The van der Waals surface area contributed by atoms with Crippen molar-refractivity contribution in [2.75, 3.05) is 20.3 Å². The van der Waals surface area contributed by atoms with Crippen LogP contribution in [0.5, 0.6) is 5.75 Å². The maximum Gasteiger partial charge on any atom is 0.327 e.